The molecular weight excluding hydrogens is 312 g/mol. The first-order valence-electron chi connectivity index (χ1n) is 8.71. The predicted molar refractivity (Wildman–Crippen MR) is 100 cm³/mol. The maximum Gasteiger partial charge on any atom is 0.259 e. The van der Waals surface area contributed by atoms with Crippen molar-refractivity contribution in [3.8, 4) is 0 Å². The van der Waals surface area contributed by atoms with Gasteiger partial charge in [0.2, 0.25) is 0 Å². The van der Waals surface area contributed by atoms with Crippen LogP contribution < -0.4 is 10.5 Å². The lowest BCUT2D eigenvalue weighted by molar-refractivity contribution is 0.249. The van der Waals surface area contributed by atoms with Gasteiger partial charge < -0.3 is 4.90 Å². The first-order valence-corrected chi connectivity index (χ1v) is 8.71. The lowest BCUT2D eigenvalue weighted by Gasteiger charge is -2.35. The Morgan fingerprint density at radius 3 is 2.56 bits per heavy atom. The summed E-state index contributed by atoms with van der Waals surface area (Å²) < 4.78 is 1.58. The molecule has 128 valence electrons. The number of rotatable bonds is 3. The fourth-order valence-corrected chi connectivity index (χ4v) is 3.37. The molecule has 0 N–H and O–H groups in total. The number of aryl methyl sites for hydroxylation is 1. The van der Waals surface area contributed by atoms with Crippen LogP contribution in [-0.2, 0) is 6.54 Å². The smallest absolute Gasteiger partial charge is 0.259 e. The van der Waals surface area contributed by atoms with Gasteiger partial charge in [0.1, 0.15) is 11.5 Å². The number of piperazine rings is 1. The summed E-state index contributed by atoms with van der Waals surface area (Å²) in [6, 6.07) is 15.8. The van der Waals surface area contributed by atoms with Crippen LogP contribution in [0.4, 0.5) is 5.82 Å². The molecule has 0 amide bonds. The lowest BCUT2D eigenvalue weighted by Crippen LogP contribution is -2.46. The zero-order chi connectivity index (χ0) is 17.2. The number of anilines is 1. The Hall–Kier alpha value is -2.66. The number of hydrogen-bond donors (Lipinski definition) is 0. The van der Waals surface area contributed by atoms with Crippen molar-refractivity contribution in [3.05, 3.63) is 76.2 Å². The first kappa shape index (κ1) is 15.8. The Kier molecular flexibility index (Phi) is 4.24. The van der Waals surface area contributed by atoms with E-state index in [1.807, 2.05) is 18.2 Å². The van der Waals surface area contributed by atoms with Gasteiger partial charge in [-0.05, 0) is 30.2 Å². The summed E-state index contributed by atoms with van der Waals surface area (Å²) in [5, 5.41) is 0. The number of benzene rings is 1. The molecule has 0 aliphatic carbocycles. The second-order valence-corrected chi connectivity index (χ2v) is 6.57. The Morgan fingerprint density at radius 2 is 1.76 bits per heavy atom. The summed E-state index contributed by atoms with van der Waals surface area (Å²) in [7, 11) is 0. The summed E-state index contributed by atoms with van der Waals surface area (Å²) in [5.74, 6) is 0.784. The van der Waals surface area contributed by atoms with Gasteiger partial charge in [0.25, 0.3) is 5.56 Å². The fraction of sp³-hybridized carbons (Fsp3) is 0.300. The molecule has 0 atom stereocenters. The molecule has 0 bridgehead atoms. The van der Waals surface area contributed by atoms with E-state index in [0.717, 1.165) is 38.5 Å². The molecule has 0 radical (unpaired) electrons. The van der Waals surface area contributed by atoms with Gasteiger partial charge >= 0.3 is 0 Å². The minimum absolute atomic E-state index is 0.0251. The molecule has 3 aromatic rings. The van der Waals surface area contributed by atoms with Crippen LogP contribution in [0.2, 0.25) is 0 Å². The second-order valence-electron chi connectivity index (χ2n) is 6.57. The van der Waals surface area contributed by atoms with Crippen LogP contribution in [0.5, 0.6) is 0 Å². The number of pyridine rings is 1. The molecule has 5 nitrogen and oxygen atoms in total. The van der Waals surface area contributed by atoms with E-state index in [0.29, 0.717) is 5.65 Å². The predicted octanol–water partition coefficient (Wildman–Crippen LogP) is 2.33. The van der Waals surface area contributed by atoms with E-state index in [2.05, 4.69) is 46.0 Å². The molecule has 5 heteroatoms. The average Bonchev–Trinajstić information content (AvgIpc) is 2.64. The largest absolute Gasteiger partial charge is 0.354 e. The van der Waals surface area contributed by atoms with E-state index < -0.39 is 0 Å². The van der Waals surface area contributed by atoms with Crippen LogP contribution >= 0.6 is 0 Å². The summed E-state index contributed by atoms with van der Waals surface area (Å²) >= 11 is 0. The van der Waals surface area contributed by atoms with Gasteiger partial charge in [-0.3, -0.25) is 14.1 Å². The maximum absolute atomic E-state index is 12.3. The third-order valence-corrected chi connectivity index (χ3v) is 4.91. The van der Waals surface area contributed by atoms with Crippen molar-refractivity contribution in [2.75, 3.05) is 31.1 Å². The topological polar surface area (TPSA) is 40.9 Å². The Bertz CT molecular complexity index is 942. The fourth-order valence-electron chi connectivity index (χ4n) is 3.37. The molecule has 4 rings (SSSR count). The summed E-state index contributed by atoms with van der Waals surface area (Å²) in [6.07, 6.45) is 1.76. The van der Waals surface area contributed by atoms with E-state index in [1.54, 1.807) is 16.7 Å². The van der Waals surface area contributed by atoms with Crippen LogP contribution in [0.25, 0.3) is 5.65 Å². The normalized spacial score (nSPS) is 15.6. The second kappa shape index (κ2) is 6.69. The van der Waals surface area contributed by atoms with Crippen molar-refractivity contribution < 1.29 is 0 Å². The molecule has 1 aliphatic heterocycles. The Labute approximate surface area is 147 Å². The minimum Gasteiger partial charge on any atom is -0.354 e. The van der Waals surface area contributed by atoms with Gasteiger partial charge in [0.05, 0.1) is 0 Å². The molecule has 1 fully saturated rings. The van der Waals surface area contributed by atoms with Gasteiger partial charge in [0, 0.05) is 45.0 Å². The molecule has 25 heavy (non-hydrogen) atoms. The van der Waals surface area contributed by atoms with Gasteiger partial charge in [-0.2, -0.15) is 0 Å². The maximum atomic E-state index is 12.3. The average molecular weight is 334 g/mol. The van der Waals surface area contributed by atoms with E-state index in [-0.39, 0.29) is 5.56 Å². The zero-order valence-corrected chi connectivity index (χ0v) is 14.4. The Balaban J connectivity index is 1.47. The standard InChI is InChI=1S/C20H22N4O/c1-16-6-2-3-7-17(16)15-22-10-12-23(13-11-22)19-14-20(25)24-9-5-4-8-18(24)21-19/h2-9,14H,10-13,15H2,1H3. The van der Waals surface area contributed by atoms with Gasteiger partial charge in [-0.25, -0.2) is 4.98 Å². The van der Waals surface area contributed by atoms with Crippen LogP contribution in [0, 0.1) is 6.92 Å². The zero-order valence-electron chi connectivity index (χ0n) is 14.4. The quantitative estimate of drug-likeness (QED) is 0.737. The number of hydrogen-bond acceptors (Lipinski definition) is 4. The van der Waals surface area contributed by atoms with E-state index in [9.17, 15) is 4.79 Å². The van der Waals surface area contributed by atoms with E-state index >= 15 is 0 Å². The highest BCUT2D eigenvalue weighted by molar-refractivity contribution is 5.48. The van der Waals surface area contributed by atoms with Gasteiger partial charge in [-0.1, -0.05) is 30.3 Å². The molecule has 1 aliphatic rings. The summed E-state index contributed by atoms with van der Waals surface area (Å²) in [4.78, 5) is 21.6. The minimum atomic E-state index is -0.0251. The number of nitrogens with zero attached hydrogens (tertiary/aromatic N) is 4. The van der Waals surface area contributed by atoms with Crippen LogP contribution in [-0.4, -0.2) is 40.5 Å². The summed E-state index contributed by atoms with van der Waals surface area (Å²) in [5.41, 5.74) is 3.41. The molecule has 0 unspecified atom stereocenters. The lowest BCUT2D eigenvalue weighted by atomic mass is 10.1. The monoisotopic (exact) mass is 334 g/mol. The highest BCUT2D eigenvalue weighted by Gasteiger charge is 2.19. The van der Waals surface area contributed by atoms with Crippen molar-refractivity contribution >= 4 is 11.5 Å². The van der Waals surface area contributed by atoms with E-state index in [4.69, 9.17) is 0 Å². The molecule has 1 aromatic carbocycles. The molecule has 3 heterocycles. The highest BCUT2D eigenvalue weighted by atomic mass is 16.1. The third kappa shape index (κ3) is 3.28. The number of fused-ring (bicyclic) bond motifs is 1. The van der Waals surface area contributed by atoms with Crippen molar-refractivity contribution in [2.45, 2.75) is 13.5 Å². The van der Waals surface area contributed by atoms with Crippen molar-refractivity contribution in [1.82, 2.24) is 14.3 Å². The first-order chi connectivity index (χ1) is 12.2. The van der Waals surface area contributed by atoms with Crippen LogP contribution in [0.15, 0.2) is 59.5 Å². The number of aromatic nitrogens is 2. The van der Waals surface area contributed by atoms with Crippen molar-refractivity contribution in [3.63, 3.8) is 0 Å². The van der Waals surface area contributed by atoms with Gasteiger partial charge in [-0.15, -0.1) is 0 Å². The Morgan fingerprint density at radius 1 is 1.00 bits per heavy atom. The highest BCUT2D eigenvalue weighted by Crippen LogP contribution is 2.16. The SMILES string of the molecule is Cc1ccccc1CN1CCN(c2cc(=O)n3ccccc3n2)CC1. The van der Waals surface area contributed by atoms with Crippen LogP contribution in [0.1, 0.15) is 11.1 Å². The molecular formula is C20H22N4O. The third-order valence-electron chi connectivity index (χ3n) is 4.91. The van der Waals surface area contributed by atoms with E-state index in [1.165, 1.54) is 11.1 Å². The molecule has 0 spiro atoms. The van der Waals surface area contributed by atoms with Gasteiger partial charge in [0.15, 0.2) is 0 Å². The van der Waals surface area contributed by atoms with Crippen molar-refractivity contribution in [2.24, 2.45) is 0 Å². The molecule has 1 saturated heterocycles. The van der Waals surface area contributed by atoms with Crippen molar-refractivity contribution in [1.29, 1.82) is 0 Å². The van der Waals surface area contributed by atoms with Crippen LogP contribution in [0.3, 0.4) is 0 Å². The summed E-state index contributed by atoms with van der Waals surface area (Å²) in [6.45, 7) is 6.88. The molecule has 2 aromatic heterocycles. The molecule has 0 saturated carbocycles.